The first-order valence-corrected chi connectivity index (χ1v) is 4.77. The van der Waals surface area contributed by atoms with Crippen molar-refractivity contribution in [3.05, 3.63) is 47.1 Å². The minimum Gasteiger partial charge on any atom is -0.227 e. The lowest BCUT2D eigenvalue weighted by molar-refractivity contribution is 0.628. The molecule has 0 radical (unpaired) electrons. The molecule has 2 rings (SSSR count). The predicted molar refractivity (Wildman–Crippen MR) is 57.2 cm³/mol. The Morgan fingerprint density at radius 1 is 1.31 bits per heavy atom. The molecular formula is C11H5ClFN3. The van der Waals surface area contributed by atoms with Gasteiger partial charge in [-0.3, -0.25) is 0 Å². The molecule has 0 aliphatic rings. The summed E-state index contributed by atoms with van der Waals surface area (Å²) in [5.41, 5.74) is 1.18. The van der Waals surface area contributed by atoms with Crippen molar-refractivity contribution in [2.75, 3.05) is 0 Å². The smallest absolute Gasteiger partial charge is 0.227 e. The van der Waals surface area contributed by atoms with Crippen molar-refractivity contribution in [2.24, 2.45) is 0 Å². The number of hydrogen-bond acceptors (Lipinski definition) is 3. The molecule has 1 aromatic carbocycles. The highest BCUT2D eigenvalue weighted by Gasteiger charge is 2.05. The third-order valence-electron chi connectivity index (χ3n) is 1.97. The first-order chi connectivity index (χ1) is 7.70. The number of hydrogen-bond donors (Lipinski definition) is 0. The van der Waals surface area contributed by atoms with Gasteiger partial charge in [0.2, 0.25) is 5.82 Å². The highest BCUT2D eigenvalue weighted by Crippen LogP contribution is 2.23. The van der Waals surface area contributed by atoms with Gasteiger partial charge in [0.05, 0.1) is 10.7 Å². The lowest BCUT2D eigenvalue weighted by Crippen LogP contribution is -1.91. The van der Waals surface area contributed by atoms with E-state index < -0.39 is 5.82 Å². The Morgan fingerprint density at radius 3 is 2.81 bits per heavy atom. The summed E-state index contributed by atoms with van der Waals surface area (Å²) in [6.07, 6.45) is 1.47. The molecule has 0 aliphatic heterocycles. The average Bonchev–Trinajstić information content (AvgIpc) is 2.33. The summed E-state index contributed by atoms with van der Waals surface area (Å²) in [6, 6.07) is 7.72. The molecule has 78 valence electrons. The highest BCUT2D eigenvalue weighted by molar-refractivity contribution is 6.31. The molecule has 0 saturated heterocycles. The normalized spacial score (nSPS) is 9.81. The maximum atomic E-state index is 12.9. The molecule has 0 atom stereocenters. The fourth-order valence-corrected chi connectivity index (χ4v) is 1.41. The van der Waals surface area contributed by atoms with Crippen LogP contribution < -0.4 is 0 Å². The lowest BCUT2D eigenvalue weighted by atomic mass is 10.1. The van der Waals surface area contributed by atoms with Crippen LogP contribution in [0.2, 0.25) is 5.02 Å². The van der Waals surface area contributed by atoms with Crippen LogP contribution >= 0.6 is 11.6 Å². The molecule has 0 fully saturated rings. The number of nitriles is 1. The van der Waals surface area contributed by atoms with Crippen LogP contribution in [-0.4, -0.2) is 9.97 Å². The predicted octanol–water partition coefficient (Wildman–Crippen LogP) is 2.81. The van der Waals surface area contributed by atoms with Crippen LogP contribution in [0.1, 0.15) is 5.82 Å². The highest BCUT2D eigenvalue weighted by atomic mass is 35.5. The summed E-state index contributed by atoms with van der Waals surface area (Å²) in [4.78, 5) is 7.72. The average molecular weight is 234 g/mol. The van der Waals surface area contributed by atoms with Gasteiger partial charge in [0, 0.05) is 11.8 Å². The quantitative estimate of drug-likeness (QED) is 0.761. The van der Waals surface area contributed by atoms with Crippen LogP contribution in [0.5, 0.6) is 0 Å². The van der Waals surface area contributed by atoms with Crippen molar-refractivity contribution < 1.29 is 4.39 Å². The van der Waals surface area contributed by atoms with Crippen LogP contribution in [0.4, 0.5) is 4.39 Å². The van der Waals surface area contributed by atoms with Gasteiger partial charge in [-0.15, -0.1) is 0 Å². The minimum absolute atomic E-state index is 0.0228. The Bertz CT molecular complexity index is 578. The van der Waals surface area contributed by atoms with Crippen molar-refractivity contribution in [2.45, 2.75) is 0 Å². The Hall–Kier alpha value is -1.99. The zero-order valence-corrected chi connectivity index (χ0v) is 8.74. The summed E-state index contributed by atoms with van der Waals surface area (Å²) in [5.74, 6) is -0.419. The van der Waals surface area contributed by atoms with E-state index in [2.05, 4.69) is 9.97 Å². The fourth-order valence-electron chi connectivity index (χ4n) is 1.23. The number of rotatable bonds is 1. The summed E-state index contributed by atoms with van der Waals surface area (Å²) in [6.45, 7) is 0. The summed E-state index contributed by atoms with van der Waals surface area (Å²) >= 11 is 5.65. The van der Waals surface area contributed by atoms with E-state index in [4.69, 9.17) is 16.9 Å². The van der Waals surface area contributed by atoms with Crippen LogP contribution in [0.25, 0.3) is 11.3 Å². The maximum absolute atomic E-state index is 12.9. The van der Waals surface area contributed by atoms with Crippen LogP contribution in [0, 0.1) is 17.1 Å². The standard InChI is InChI=1S/C11H5ClFN3/c12-8-5-7(1-2-9(8)13)10-3-4-15-11(6-14)16-10/h1-5H. The second-order valence-corrected chi connectivity index (χ2v) is 3.41. The number of nitrogens with zero attached hydrogens (tertiary/aromatic N) is 3. The molecule has 0 N–H and O–H groups in total. The van der Waals surface area contributed by atoms with Crippen molar-refractivity contribution in [1.82, 2.24) is 9.97 Å². The molecule has 2 aromatic rings. The van der Waals surface area contributed by atoms with Gasteiger partial charge in [0.25, 0.3) is 0 Å². The molecular weight excluding hydrogens is 229 g/mol. The van der Waals surface area contributed by atoms with E-state index in [-0.39, 0.29) is 10.8 Å². The van der Waals surface area contributed by atoms with Crippen molar-refractivity contribution in [1.29, 1.82) is 5.26 Å². The third-order valence-corrected chi connectivity index (χ3v) is 2.26. The van der Waals surface area contributed by atoms with E-state index in [1.54, 1.807) is 12.1 Å². The fraction of sp³-hybridized carbons (Fsp3) is 0. The molecule has 0 unspecified atom stereocenters. The second kappa shape index (κ2) is 4.25. The lowest BCUT2D eigenvalue weighted by Gasteiger charge is -2.01. The van der Waals surface area contributed by atoms with Gasteiger partial charge in [0.15, 0.2) is 0 Å². The van der Waals surface area contributed by atoms with Gasteiger partial charge in [-0.1, -0.05) is 11.6 Å². The van der Waals surface area contributed by atoms with E-state index in [0.29, 0.717) is 11.3 Å². The molecule has 16 heavy (non-hydrogen) atoms. The van der Waals surface area contributed by atoms with Gasteiger partial charge in [0.1, 0.15) is 11.9 Å². The van der Waals surface area contributed by atoms with E-state index in [1.807, 2.05) is 6.07 Å². The molecule has 1 aromatic heterocycles. The molecule has 0 spiro atoms. The van der Waals surface area contributed by atoms with E-state index in [9.17, 15) is 4.39 Å². The van der Waals surface area contributed by atoms with Crippen LogP contribution in [0.3, 0.4) is 0 Å². The third kappa shape index (κ3) is 2.00. The van der Waals surface area contributed by atoms with E-state index >= 15 is 0 Å². The topological polar surface area (TPSA) is 49.6 Å². The van der Waals surface area contributed by atoms with Gasteiger partial charge >= 0.3 is 0 Å². The number of aromatic nitrogens is 2. The molecule has 0 bridgehead atoms. The van der Waals surface area contributed by atoms with Gasteiger partial charge in [-0.05, 0) is 24.3 Å². The largest absolute Gasteiger partial charge is 0.232 e. The Labute approximate surface area is 96.2 Å². The van der Waals surface area contributed by atoms with E-state index in [1.165, 1.54) is 18.3 Å². The minimum atomic E-state index is -0.486. The molecule has 1 heterocycles. The first kappa shape index (κ1) is 10.5. The summed E-state index contributed by atoms with van der Waals surface area (Å²) in [5, 5.41) is 8.67. The summed E-state index contributed by atoms with van der Waals surface area (Å²) in [7, 11) is 0. The molecule has 3 nitrogen and oxygen atoms in total. The van der Waals surface area contributed by atoms with Crippen molar-refractivity contribution in [3.63, 3.8) is 0 Å². The van der Waals surface area contributed by atoms with Crippen LogP contribution in [0.15, 0.2) is 30.5 Å². The Balaban J connectivity index is 2.51. The monoisotopic (exact) mass is 233 g/mol. The maximum Gasteiger partial charge on any atom is 0.232 e. The zero-order chi connectivity index (χ0) is 11.5. The van der Waals surface area contributed by atoms with Crippen molar-refractivity contribution >= 4 is 11.6 Å². The van der Waals surface area contributed by atoms with Crippen molar-refractivity contribution in [3.8, 4) is 17.3 Å². The first-order valence-electron chi connectivity index (χ1n) is 4.39. The molecule has 0 aliphatic carbocycles. The molecule has 0 amide bonds. The molecule has 5 heteroatoms. The second-order valence-electron chi connectivity index (χ2n) is 3.01. The van der Waals surface area contributed by atoms with E-state index in [0.717, 1.165) is 0 Å². The Morgan fingerprint density at radius 2 is 2.12 bits per heavy atom. The zero-order valence-electron chi connectivity index (χ0n) is 7.98. The number of benzene rings is 1. The SMILES string of the molecule is N#Cc1nccc(-c2ccc(F)c(Cl)c2)n1. The van der Waals surface area contributed by atoms with Gasteiger partial charge in [-0.25, -0.2) is 14.4 Å². The summed E-state index contributed by atoms with van der Waals surface area (Å²) < 4.78 is 12.9. The molecule has 0 saturated carbocycles. The van der Waals surface area contributed by atoms with Gasteiger partial charge < -0.3 is 0 Å². The Kier molecular flexibility index (Phi) is 2.80. The van der Waals surface area contributed by atoms with Crippen LogP contribution in [-0.2, 0) is 0 Å². The van der Waals surface area contributed by atoms with Gasteiger partial charge in [-0.2, -0.15) is 5.26 Å². The number of halogens is 2.